The highest BCUT2D eigenvalue weighted by Crippen LogP contribution is 2.05. The Balaban J connectivity index is 2.29. The smallest absolute Gasteiger partial charge is 0.303 e. The molecule has 0 heterocycles. The molecule has 4 N–H and O–H groups in total. The van der Waals surface area contributed by atoms with Gasteiger partial charge in [0.2, 0.25) is 5.91 Å². The van der Waals surface area contributed by atoms with Gasteiger partial charge in [0.05, 0.1) is 6.04 Å². The fourth-order valence-electron chi connectivity index (χ4n) is 1.84. The molecule has 1 unspecified atom stereocenters. The van der Waals surface area contributed by atoms with Crippen LogP contribution in [-0.4, -0.2) is 29.6 Å². The van der Waals surface area contributed by atoms with E-state index >= 15 is 0 Å². The van der Waals surface area contributed by atoms with Crippen molar-refractivity contribution in [2.24, 2.45) is 11.7 Å². The van der Waals surface area contributed by atoms with Gasteiger partial charge in [0.15, 0.2) is 0 Å². The average Bonchev–Trinajstić information content (AvgIpc) is 2.43. The molecular formula is C15H22N2O3. The Morgan fingerprint density at radius 3 is 2.55 bits per heavy atom. The molecule has 0 aliphatic carbocycles. The lowest BCUT2D eigenvalue weighted by molar-refractivity contribution is -0.137. The van der Waals surface area contributed by atoms with Gasteiger partial charge >= 0.3 is 5.97 Å². The van der Waals surface area contributed by atoms with Gasteiger partial charge in [-0.15, -0.1) is 0 Å². The molecule has 1 amide bonds. The van der Waals surface area contributed by atoms with Crippen LogP contribution >= 0.6 is 0 Å². The van der Waals surface area contributed by atoms with Crippen LogP contribution in [0.25, 0.3) is 0 Å². The molecule has 5 heteroatoms. The van der Waals surface area contributed by atoms with E-state index in [0.717, 1.165) is 5.56 Å². The number of amides is 1. The van der Waals surface area contributed by atoms with Crippen molar-refractivity contribution in [3.05, 3.63) is 35.9 Å². The van der Waals surface area contributed by atoms with E-state index in [1.807, 2.05) is 37.3 Å². The summed E-state index contributed by atoms with van der Waals surface area (Å²) in [4.78, 5) is 22.3. The molecule has 1 aromatic rings. The first-order valence-corrected chi connectivity index (χ1v) is 6.78. The summed E-state index contributed by atoms with van der Waals surface area (Å²) in [5, 5.41) is 11.4. The number of carboxylic acids is 1. The first-order valence-electron chi connectivity index (χ1n) is 6.78. The predicted molar refractivity (Wildman–Crippen MR) is 77.2 cm³/mol. The van der Waals surface area contributed by atoms with Gasteiger partial charge < -0.3 is 16.2 Å². The van der Waals surface area contributed by atoms with Gasteiger partial charge in [0.1, 0.15) is 0 Å². The summed E-state index contributed by atoms with van der Waals surface area (Å²) < 4.78 is 0. The minimum Gasteiger partial charge on any atom is -0.481 e. The largest absolute Gasteiger partial charge is 0.481 e. The van der Waals surface area contributed by atoms with Crippen molar-refractivity contribution in [1.29, 1.82) is 0 Å². The fraction of sp³-hybridized carbons (Fsp3) is 0.467. The average molecular weight is 278 g/mol. The maximum Gasteiger partial charge on any atom is 0.303 e. The van der Waals surface area contributed by atoms with Crippen LogP contribution in [0.5, 0.6) is 0 Å². The molecule has 1 rings (SSSR count). The van der Waals surface area contributed by atoms with E-state index < -0.39 is 12.0 Å². The fourth-order valence-corrected chi connectivity index (χ4v) is 1.84. The quantitative estimate of drug-likeness (QED) is 0.665. The lowest BCUT2D eigenvalue weighted by Gasteiger charge is -2.15. The molecule has 0 saturated carbocycles. The van der Waals surface area contributed by atoms with E-state index in [0.29, 0.717) is 19.4 Å². The Hall–Kier alpha value is -1.88. The maximum absolute atomic E-state index is 11.8. The first kappa shape index (κ1) is 16.2. The number of nitrogens with one attached hydrogen (secondary N) is 1. The zero-order valence-corrected chi connectivity index (χ0v) is 11.7. The zero-order valence-electron chi connectivity index (χ0n) is 11.7. The van der Waals surface area contributed by atoms with E-state index in [1.54, 1.807) is 0 Å². The van der Waals surface area contributed by atoms with Crippen molar-refractivity contribution in [3.63, 3.8) is 0 Å². The van der Waals surface area contributed by atoms with Crippen molar-refractivity contribution in [2.75, 3.05) is 6.54 Å². The highest BCUT2D eigenvalue weighted by atomic mass is 16.4. The second-order valence-corrected chi connectivity index (χ2v) is 5.08. The standard InChI is InChI=1S/C15H22N2O3/c1-11(7-8-14(18)19)10-17-15(20)13(16)9-12-5-3-2-4-6-12/h2-6,11,13H,7-10,16H2,1H3,(H,17,20)(H,18,19)/t11?,13-/m0/s1. The minimum absolute atomic E-state index is 0.118. The second kappa shape index (κ2) is 8.32. The summed E-state index contributed by atoms with van der Waals surface area (Å²) in [6, 6.07) is 9.02. The van der Waals surface area contributed by atoms with E-state index in [-0.39, 0.29) is 18.2 Å². The molecular weight excluding hydrogens is 256 g/mol. The molecule has 0 radical (unpaired) electrons. The number of carbonyl (C=O) groups is 2. The van der Waals surface area contributed by atoms with Gasteiger partial charge in [0, 0.05) is 13.0 Å². The molecule has 1 aromatic carbocycles. The second-order valence-electron chi connectivity index (χ2n) is 5.08. The van der Waals surface area contributed by atoms with E-state index in [1.165, 1.54) is 0 Å². The molecule has 20 heavy (non-hydrogen) atoms. The third-order valence-corrected chi connectivity index (χ3v) is 3.11. The summed E-state index contributed by atoms with van der Waals surface area (Å²) in [6.07, 6.45) is 1.16. The van der Waals surface area contributed by atoms with Crippen molar-refractivity contribution < 1.29 is 14.7 Å². The van der Waals surface area contributed by atoms with Crippen LogP contribution in [0.2, 0.25) is 0 Å². The Morgan fingerprint density at radius 1 is 1.30 bits per heavy atom. The van der Waals surface area contributed by atoms with Gasteiger partial charge in [-0.2, -0.15) is 0 Å². The normalized spacial score (nSPS) is 13.5. The predicted octanol–water partition coefficient (Wildman–Crippen LogP) is 1.17. The lowest BCUT2D eigenvalue weighted by atomic mass is 10.0. The summed E-state index contributed by atoms with van der Waals surface area (Å²) in [5.74, 6) is -0.890. The SMILES string of the molecule is CC(CCC(=O)O)CNC(=O)[C@@H](N)Cc1ccccc1. The van der Waals surface area contributed by atoms with Gasteiger partial charge in [-0.25, -0.2) is 0 Å². The zero-order chi connectivity index (χ0) is 15.0. The number of rotatable bonds is 8. The van der Waals surface area contributed by atoms with Crippen molar-refractivity contribution >= 4 is 11.9 Å². The topological polar surface area (TPSA) is 92.4 Å². The number of hydrogen-bond donors (Lipinski definition) is 3. The molecule has 5 nitrogen and oxygen atoms in total. The number of carbonyl (C=O) groups excluding carboxylic acids is 1. The number of carboxylic acid groups (broad SMARTS) is 1. The minimum atomic E-state index is -0.816. The maximum atomic E-state index is 11.8. The summed E-state index contributed by atoms with van der Waals surface area (Å²) in [6.45, 7) is 2.36. The van der Waals surface area contributed by atoms with E-state index in [2.05, 4.69) is 5.32 Å². The molecule has 0 spiro atoms. The Kier molecular flexibility index (Phi) is 6.73. The number of benzene rings is 1. The van der Waals surface area contributed by atoms with Crippen molar-refractivity contribution in [3.8, 4) is 0 Å². The van der Waals surface area contributed by atoms with E-state index in [9.17, 15) is 9.59 Å². The third-order valence-electron chi connectivity index (χ3n) is 3.11. The lowest BCUT2D eigenvalue weighted by Crippen LogP contribution is -2.43. The van der Waals surface area contributed by atoms with Crippen LogP contribution < -0.4 is 11.1 Å². The molecule has 0 aliphatic rings. The van der Waals surface area contributed by atoms with Crippen LogP contribution in [0.15, 0.2) is 30.3 Å². The van der Waals surface area contributed by atoms with Crippen LogP contribution in [0, 0.1) is 5.92 Å². The van der Waals surface area contributed by atoms with Crippen LogP contribution in [0.1, 0.15) is 25.3 Å². The first-order chi connectivity index (χ1) is 9.49. The monoisotopic (exact) mass is 278 g/mol. The summed E-state index contributed by atoms with van der Waals surface area (Å²) in [7, 11) is 0. The van der Waals surface area contributed by atoms with E-state index in [4.69, 9.17) is 10.8 Å². The Morgan fingerprint density at radius 2 is 1.95 bits per heavy atom. The van der Waals surface area contributed by atoms with Gasteiger partial charge in [-0.1, -0.05) is 37.3 Å². The molecule has 0 bridgehead atoms. The Bertz CT molecular complexity index is 434. The summed E-state index contributed by atoms with van der Waals surface area (Å²) in [5.41, 5.74) is 6.87. The highest BCUT2D eigenvalue weighted by Gasteiger charge is 2.15. The molecule has 0 fully saturated rings. The van der Waals surface area contributed by atoms with Gasteiger partial charge in [0.25, 0.3) is 0 Å². The molecule has 2 atom stereocenters. The Labute approximate surface area is 119 Å². The highest BCUT2D eigenvalue weighted by molar-refractivity contribution is 5.81. The van der Waals surface area contributed by atoms with Crippen molar-refractivity contribution in [2.45, 2.75) is 32.2 Å². The van der Waals surface area contributed by atoms with Crippen molar-refractivity contribution in [1.82, 2.24) is 5.32 Å². The van der Waals surface area contributed by atoms with Crippen LogP contribution in [0.4, 0.5) is 0 Å². The number of hydrogen-bond acceptors (Lipinski definition) is 3. The van der Waals surface area contributed by atoms with Crippen LogP contribution in [0.3, 0.4) is 0 Å². The number of aliphatic carboxylic acids is 1. The van der Waals surface area contributed by atoms with Gasteiger partial charge in [-0.05, 0) is 24.3 Å². The molecule has 0 aromatic heterocycles. The third kappa shape index (κ3) is 6.33. The van der Waals surface area contributed by atoms with Gasteiger partial charge in [-0.3, -0.25) is 9.59 Å². The molecule has 110 valence electrons. The molecule has 0 aliphatic heterocycles. The summed E-state index contributed by atoms with van der Waals surface area (Å²) >= 11 is 0. The van der Waals surface area contributed by atoms with Crippen LogP contribution in [-0.2, 0) is 16.0 Å². The molecule has 0 saturated heterocycles. The number of nitrogens with two attached hydrogens (primary N) is 1.